The summed E-state index contributed by atoms with van der Waals surface area (Å²) < 4.78 is 0. The standard InChI is InChI=1S/C15H22N2S/c1-12(2)18-14-7-5-13(6-8-14)9-17-11-15(3,4)10-16/h5-8,12,17H,9,11H2,1-4H3. The summed E-state index contributed by atoms with van der Waals surface area (Å²) in [4.78, 5) is 1.31. The highest BCUT2D eigenvalue weighted by Crippen LogP contribution is 2.22. The predicted octanol–water partition coefficient (Wildman–Crippen LogP) is 3.83. The van der Waals surface area contributed by atoms with Crippen molar-refractivity contribution in [3.05, 3.63) is 29.8 Å². The molecule has 98 valence electrons. The molecule has 0 aliphatic carbocycles. The molecule has 0 saturated carbocycles. The zero-order chi connectivity index (χ0) is 13.6. The molecule has 1 aromatic rings. The number of hydrogen-bond donors (Lipinski definition) is 1. The fourth-order valence-electron chi connectivity index (χ4n) is 1.52. The highest BCUT2D eigenvalue weighted by atomic mass is 32.2. The van der Waals surface area contributed by atoms with E-state index in [0.29, 0.717) is 11.8 Å². The van der Waals surface area contributed by atoms with Gasteiger partial charge in [-0.1, -0.05) is 26.0 Å². The first-order chi connectivity index (χ1) is 8.43. The van der Waals surface area contributed by atoms with E-state index in [1.807, 2.05) is 25.6 Å². The van der Waals surface area contributed by atoms with Crippen molar-refractivity contribution in [1.29, 1.82) is 5.26 Å². The summed E-state index contributed by atoms with van der Waals surface area (Å²) >= 11 is 1.88. The van der Waals surface area contributed by atoms with Crippen molar-refractivity contribution in [3.8, 4) is 6.07 Å². The Labute approximate surface area is 115 Å². The molecule has 0 fully saturated rings. The Morgan fingerprint density at radius 1 is 1.28 bits per heavy atom. The summed E-state index contributed by atoms with van der Waals surface area (Å²) in [6, 6.07) is 10.9. The summed E-state index contributed by atoms with van der Waals surface area (Å²) in [6.45, 7) is 9.82. The maximum absolute atomic E-state index is 8.92. The van der Waals surface area contributed by atoms with Crippen molar-refractivity contribution in [2.75, 3.05) is 6.54 Å². The van der Waals surface area contributed by atoms with E-state index in [9.17, 15) is 0 Å². The van der Waals surface area contributed by atoms with Gasteiger partial charge in [0.25, 0.3) is 0 Å². The van der Waals surface area contributed by atoms with Crippen LogP contribution in [-0.4, -0.2) is 11.8 Å². The second-order valence-corrected chi connectivity index (χ2v) is 7.06. The first-order valence-electron chi connectivity index (χ1n) is 6.30. The maximum atomic E-state index is 8.92. The van der Waals surface area contributed by atoms with E-state index in [0.717, 1.165) is 6.54 Å². The van der Waals surface area contributed by atoms with Crippen LogP contribution in [0.5, 0.6) is 0 Å². The van der Waals surface area contributed by atoms with Gasteiger partial charge < -0.3 is 5.32 Å². The van der Waals surface area contributed by atoms with E-state index < -0.39 is 0 Å². The minimum atomic E-state index is -0.298. The Bertz CT molecular complexity index is 401. The third kappa shape index (κ3) is 5.57. The second kappa shape index (κ2) is 6.82. The van der Waals surface area contributed by atoms with Crippen molar-refractivity contribution in [3.63, 3.8) is 0 Å². The number of rotatable bonds is 6. The normalized spacial score (nSPS) is 11.6. The van der Waals surface area contributed by atoms with Crippen LogP contribution in [0, 0.1) is 16.7 Å². The molecule has 0 spiro atoms. The monoisotopic (exact) mass is 262 g/mol. The second-order valence-electron chi connectivity index (χ2n) is 5.41. The lowest BCUT2D eigenvalue weighted by molar-refractivity contribution is 0.445. The van der Waals surface area contributed by atoms with Crippen LogP contribution in [0.25, 0.3) is 0 Å². The van der Waals surface area contributed by atoms with Gasteiger partial charge in [0, 0.05) is 23.2 Å². The van der Waals surface area contributed by atoms with Gasteiger partial charge >= 0.3 is 0 Å². The highest BCUT2D eigenvalue weighted by molar-refractivity contribution is 7.99. The average Bonchev–Trinajstić information content (AvgIpc) is 2.30. The molecule has 1 rings (SSSR count). The largest absolute Gasteiger partial charge is 0.311 e. The summed E-state index contributed by atoms with van der Waals surface area (Å²) in [5.41, 5.74) is 0.963. The predicted molar refractivity (Wildman–Crippen MR) is 78.5 cm³/mol. The molecule has 0 bridgehead atoms. The fourth-order valence-corrected chi connectivity index (χ4v) is 2.35. The van der Waals surface area contributed by atoms with Crippen LogP contribution in [0.1, 0.15) is 33.3 Å². The topological polar surface area (TPSA) is 35.8 Å². The SMILES string of the molecule is CC(C)Sc1ccc(CNCC(C)(C)C#N)cc1. The first-order valence-corrected chi connectivity index (χ1v) is 7.18. The zero-order valence-corrected chi connectivity index (χ0v) is 12.5. The number of nitrogens with zero attached hydrogens (tertiary/aromatic N) is 1. The molecular formula is C15H22N2S. The van der Waals surface area contributed by atoms with Crippen molar-refractivity contribution in [2.45, 2.75) is 44.4 Å². The Hall–Kier alpha value is -0.980. The van der Waals surface area contributed by atoms with Crippen LogP contribution in [0.2, 0.25) is 0 Å². The molecule has 3 heteroatoms. The van der Waals surface area contributed by atoms with Crippen molar-refractivity contribution < 1.29 is 0 Å². The molecule has 2 nitrogen and oxygen atoms in total. The average molecular weight is 262 g/mol. The molecule has 0 saturated heterocycles. The summed E-state index contributed by atoms with van der Waals surface area (Å²) in [7, 11) is 0. The smallest absolute Gasteiger partial charge is 0.0697 e. The molecule has 0 aliphatic rings. The number of benzene rings is 1. The lowest BCUT2D eigenvalue weighted by Gasteiger charge is -2.16. The van der Waals surface area contributed by atoms with Crippen LogP contribution in [0.3, 0.4) is 0 Å². The molecule has 0 aliphatic heterocycles. The number of nitriles is 1. The van der Waals surface area contributed by atoms with Gasteiger partial charge in [0.05, 0.1) is 11.5 Å². The number of nitrogens with one attached hydrogen (secondary N) is 1. The summed E-state index contributed by atoms with van der Waals surface area (Å²) in [6.07, 6.45) is 0. The molecule has 0 unspecified atom stereocenters. The third-order valence-electron chi connectivity index (χ3n) is 2.49. The summed E-state index contributed by atoms with van der Waals surface area (Å²) in [5, 5.41) is 12.9. The Morgan fingerprint density at radius 3 is 2.39 bits per heavy atom. The minimum Gasteiger partial charge on any atom is -0.311 e. The van der Waals surface area contributed by atoms with Crippen LogP contribution < -0.4 is 5.32 Å². The van der Waals surface area contributed by atoms with Crippen LogP contribution >= 0.6 is 11.8 Å². The molecule has 0 atom stereocenters. The van der Waals surface area contributed by atoms with E-state index in [4.69, 9.17) is 5.26 Å². The number of hydrogen-bond acceptors (Lipinski definition) is 3. The molecule has 0 radical (unpaired) electrons. The van der Waals surface area contributed by atoms with Gasteiger partial charge in [-0.05, 0) is 31.5 Å². The Kier molecular flexibility index (Phi) is 5.71. The quantitative estimate of drug-likeness (QED) is 0.792. The van der Waals surface area contributed by atoms with Gasteiger partial charge in [-0.3, -0.25) is 0 Å². The molecule has 0 aromatic heterocycles. The van der Waals surface area contributed by atoms with Crippen LogP contribution in [0.4, 0.5) is 0 Å². The van der Waals surface area contributed by atoms with E-state index >= 15 is 0 Å². The van der Waals surface area contributed by atoms with Crippen LogP contribution in [0.15, 0.2) is 29.2 Å². The lowest BCUT2D eigenvalue weighted by Crippen LogP contribution is -2.27. The molecule has 1 aromatic carbocycles. The molecular weight excluding hydrogens is 240 g/mol. The van der Waals surface area contributed by atoms with Gasteiger partial charge in [0.1, 0.15) is 0 Å². The molecule has 1 N–H and O–H groups in total. The van der Waals surface area contributed by atoms with Crippen molar-refractivity contribution >= 4 is 11.8 Å². The molecule has 0 amide bonds. The maximum Gasteiger partial charge on any atom is 0.0697 e. The number of thioether (sulfide) groups is 1. The van der Waals surface area contributed by atoms with Crippen LogP contribution in [-0.2, 0) is 6.54 Å². The molecule has 0 heterocycles. The van der Waals surface area contributed by atoms with Gasteiger partial charge in [0.2, 0.25) is 0 Å². The third-order valence-corrected chi connectivity index (χ3v) is 3.51. The summed E-state index contributed by atoms with van der Waals surface area (Å²) in [5.74, 6) is 0. The van der Waals surface area contributed by atoms with Crippen molar-refractivity contribution in [1.82, 2.24) is 5.32 Å². The lowest BCUT2D eigenvalue weighted by atomic mass is 9.96. The van der Waals surface area contributed by atoms with E-state index in [-0.39, 0.29) is 5.41 Å². The Morgan fingerprint density at radius 2 is 1.89 bits per heavy atom. The van der Waals surface area contributed by atoms with Gasteiger partial charge in [-0.15, -0.1) is 11.8 Å². The van der Waals surface area contributed by atoms with Gasteiger partial charge in [-0.2, -0.15) is 5.26 Å². The van der Waals surface area contributed by atoms with Crippen molar-refractivity contribution in [2.24, 2.45) is 5.41 Å². The zero-order valence-electron chi connectivity index (χ0n) is 11.7. The Balaban J connectivity index is 2.43. The van der Waals surface area contributed by atoms with Gasteiger partial charge in [0.15, 0.2) is 0 Å². The molecule has 18 heavy (non-hydrogen) atoms. The van der Waals surface area contributed by atoms with Gasteiger partial charge in [-0.25, -0.2) is 0 Å². The van der Waals surface area contributed by atoms with E-state index in [2.05, 4.69) is 49.5 Å². The minimum absolute atomic E-state index is 0.298. The fraction of sp³-hybridized carbons (Fsp3) is 0.533. The highest BCUT2D eigenvalue weighted by Gasteiger charge is 2.15. The van der Waals surface area contributed by atoms with E-state index in [1.165, 1.54) is 10.5 Å². The van der Waals surface area contributed by atoms with E-state index in [1.54, 1.807) is 0 Å². The first kappa shape index (κ1) is 15.1.